The van der Waals surface area contributed by atoms with Gasteiger partial charge in [-0.2, -0.15) is 5.10 Å². The molecule has 2 rings (SSSR count). The first kappa shape index (κ1) is 19.2. The van der Waals surface area contributed by atoms with Gasteiger partial charge >= 0.3 is 0 Å². The summed E-state index contributed by atoms with van der Waals surface area (Å²) in [6.07, 6.45) is 1.53. The minimum atomic E-state index is 0. The Kier molecular flexibility index (Phi) is 9.03. The summed E-state index contributed by atoms with van der Waals surface area (Å²) in [5, 5.41) is 10.4. The lowest BCUT2D eigenvalue weighted by Crippen LogP contribution is -2.39. The topological polar surface area (TPSA) is 76.4 Å². The van der Waals surface area contributed by atoms with Gasteiger partial charge in [-0.3, -0.25) is 4.68 Å². The van der Waals surface area contributed by atoms with Crippen molar-refractivity contribution in [3.8, 4) is 5.75 Å². The molecule has 0 saturated heterocycles. The van der Waals surface area contributed by atoms with Crippen LogP contribution in [0.25, 0.3) is 0 Å². The Balaban J connectivity index is 0.00000264. The Morgan fingerprint density at radius 3 is 2.70 bits per heavy atom. The molecule has 1 aromatic carbocycles. The molecule has 0 aliphatic rings. The number of ether oxygens (including phenoxy) is 1. The molecule has 2 N–H and O–H groups in total. The van der Waals surface area contributed by atoms with E-state index >= 15 is 0 Å². The molecule has 1 aromatic heterocycles. The molecular weight excluding hydrogens is 407 g/mol. The summed E-state index contributed by atoms with van der Waals surface area (Å²) in [4.78, 5) is 8.63. The summed E-state index contributed by atoms with van der Waals surface area (Å²) in [6.45, 7) is 4.54. The van der Waals surface area contributed by atoms with Crippen LogP contribution in [0.2, 0.25) is 0 Å². The Bertz CT molecular complexity index is 587. The normalized spacial score (nSPS) is 10.8. The third kappa shape index (κ3) is 6.85. The van der Waals surface area contributed by atoms with Crippen molar-refractivity contribution >= 4 is 29.9 Å². The third-order valence-corrected chi connectivity index (χ3v) is 2.93. The zero-order chi connectivity index (χ0) is 15.6. The van der Waals surface area contributed by atoms with Crippen LogP contribution in [-0.4, -0.2) is 40.4 Å². The Labute approximate surface area is 153 Å². The maximum atomic E-state index is 5.63. The summed E-state index contributed by atoms with van der Waals surface area (Å²) < 4.78 is 7.35. The van der Waals surface area contributed by atoms with Gasteiger partial charge in [0.2, 0.25) is 0 Å². The number of halogens is 1. The van der Waals surface area contributed by atoms with E-state index < -0.39 is 0 Å². The lowest BCUT2D eigenvalue weighted by atomic mass is 10.3. The van der Waals surface area contributed by atoms with Crippen LogP contribution in [0.4, 0.5) is 0 Å². The number of hydrogen-bond donors (Lipinski definition) is 2. The molecule has 0 atom stereocenters. The van der Waals surface area contributed by atoms with E-state index in [4.69, 9.17) is 4.74 Å². The molecule has 0 aliphatic heterocycles. The van der Waals surface area contributed by atoms with Crippen LogP contribution in [0.3, 0.4) is 0 Å². The summed E-state index contributed by atoms with van der Waals surface area (Å²) >= 11 is 0. The molecular formula is C15H23IN6O. The molecule has 0 unspecified atom stereocenters. The van der Waals surface area contributed by atoms with E-state index in [0.29, 0.717) is 19.7 Å². The zero-order valence-electron chi connectivity index (χ0n) is 13.4. The van der Waals surface area contributed by atoms with Crippen molar-refractivity contribution in [1.82, 2.24) is 25.4 Å². The second kappa shape index (κ2) is 10.8. The number of hydrogen-bond acceptors (Lipinski definition) is 4. The van der Waals surface area contributed by atoms with Crippen LogP contribution in [0.1, 0.15) is 12.7 Å². The fraction of sp³-hybridized carbons (Fsp3) is 0.400. The van der Waals surface area contributed by atoms with E-state index in [0.717, 1.165) is 24.1 Å². The second-order valence-electron chi connectivity index (χ2n) is 4.58. The van der Waals surface area contributed by atoms with E-state index in [1.54, 1.807) is 4.68 Å². The van der Waals surface area contributed by atoms with Crippen LogP contribution in [-0.2, 0) is 13.6 Å². The van der Waals surface area contributed by atoms with E-state index in [-0.39, 0.29) is 24.0 Å². The number of nitrogens with one attached hydrogen (secondary N) is 2. The molecule has 0 radical (unpaired) electrons. The Hall–Kier alpha value is -1.84. The highest BCUT2D eigenvalue weighted by atomic mass is 127. The molecule has 0 spiro atoms. The quantitative estimate of drug-likeness (QED) is 0.302. The van der Waals surface area contributed by atoms with Gasteiger partial charge in [-0.05, 0) is 19.1 Å². The maximum Gasteiger partial charge on any atom is 0.191 e. The number of rotatable bonds is 7. The lowest BCUT2D eigenvalue weighted by Gasteiger charge is -2.12. The smallest absolute Gasteiger partial charge is 0.191 e. The third-order valence-electron chi connectivity index (χ3n) is 2.93. The van der Waals surface area contributed by atoms with Crippen molar-refractivity contribution in [2.45, 2.75) is 13.5 Å². The molecule has 0 amide bonds. The molecule has 0 saturated carbocycles. The van der Waals surface area contributed by atoms with Crippen LogP contribution in [0, 0.1) is 0 Å². The van der Waals surface area contributed by atoms with Crippen molar-refractivity contribution < 1.29 is 4.74 Å². The summed E-state index contributed by atoms with van der Waals surface area (Å²) in [6, 6.07) is 9.75. The van der Waals surface area contributed by atoms with E-state index in [9.17, 15) is 0 Å². The number of nitrogens with zero attached hydrogens (tertiary/aromatic N) is 4. The molecule has 0 fully saturated rings. The first-order valence-corrected chi connectivity index (χ1v) is 7.32. The number of aryl methyl sites for hydroxylation is 1. The van der Waals surface area contributed by atoms with Gasteiger partial charge in [0.25, 0.3) is 0 Å². The van der Waals surface area contributed by atoms with E-state index in [1.807, 2.05) is 44.3 Å². The maximum absolute atomic E-state index is 5.63. The average Bonchev–Trinajstić information content (AvgIpc) is 2.95. The van der Waals surface area contributed by atoms with Crippen molar-refractivity contribution in [3.63, 3.8) is 0 Å². The van der Waals surface area contributed by atoms with Gasteiger partial charge < -0.3 is 15.4 Å². The predicted molar refractivity (Wildman–Crippen MR) is 101 cm³/mol. The van der Waals surface area contributed by atoms with Crippen LogP contribution in [0.5, 0.6) is 5.75 Å². The second-order valence-corrected chi connectivity index (χ2v) is 4.58. The van der Waals surface area contributed by atoms with Crippen molar-refractivity contribution in [2.75, 3.05) is 19.7 Å². The minimum absolute atomic E-state index is 0. The van der Waals surface area contributed by atoms with E-state index in [2.05, 4.69) is 25.7 Å². The first-order chi connectivity index (χ1) is 10.8. The number of guanidine groups is 1. The summed E-state index contributed by atoms with van der Waals surface area (Å²) in [5.41, 5.74) is 0. The molecule has 126 valence electrons. The van der Waals surface area contributed by atoms with E-state index in [1.165, 1.54) is 6.33 Å². The van der Waals surface area contributed by atoms with Crippen LogP contribution < -0.4 is 15.4 Å². The van der Waals surface area contributed by atoms with Gasteiger partial charge in [-0.25, -0.2) is 9.98 Å². The highest BCUT2D eigenvalue weighted by molar-refractivity contribution is 14.0. The van der Waals surface area contributed by atoms with Gasteiger partial charge in [0, 0.05) is 13.6 Å². The van der Waals surface area contributed by atoms with Gasteiger partial charge in [0.05, 0.1) is 6.54 Å². The number of aliphatic imine (C=N–C) groups is 1. The highest BCUT2D eigenvalue weighted by Crippen LogP contribution is 2.07. The van der Waals surface area contributed by atoms with Crippen molar-refractivity contribution in [1.29, 1.82) is 0 Å². The predicted octanol–water partition coefficient (Wildman–Crippen LogP) is 1.57. The number of para-hydroxylation sites is 1. The molecule has 0 bridgehead atoms. The Morgan fingerprint density at radius 1 is 1.26 bits per heavy atom. The highest BCUT2D eigenvalue weighted by Gasteiger charge is 2.01. The molecule has 2 aromatic rings. The van der Waals surface area contributed by atoms with Crippen molar-refractivity contribution in [2.24, 2.45) is 12.0 Å². The van der Waals surface area contributed by atoms with Crippen LogP contribution >= 0.6 is 24.0 Å². The first-order valence-electron chi connectivity index (χ1n) is 7.32. The van der Waals surface area contributed by atoms with Gasteiger partial charge in [-0.15, -0.1) is 24.0 Å². The minimum Gasteiger partial charge on any atom is -0.492 e. The fourth-order valence-electron chi connectivity index (χ4n) is 1.81. The van der Waals surface area contributed by atoms with Crippen LogP contribution in [0.15, 0.2) is 41.7 Å². The monoisotopic (exact) mass is 430 g/mol. The largest absolute Gasteiger partial charge is 0.492 e. The zero-order valence-corrected chi connectivity index (χ0v) is 15.7. The fourth-order valence-corrected chi connectivity index (χ4v) is 1.81. The van der Waals surface area contributed by atoms with Crippen molar-refractivity contribution in [3.05, 3.63) is 42.5 Å². The molecule has 7 nitrogen and oxygen atoms in total. The SMILES string of the molecule is CCNC(=NCc1ncnn1C)NCCOc1ccccc1.I. The molecule has 1 heterocycles. The molecule has 0 aliphatic carbocycles. The van der Waals surface area contributed by atoms with Gasteiger partial charge in [-0.1, -0.05) is 18.2 Å². The number of aromatic nitrogens is 3. The standard InChI is InChI=1S/C15H22N6O.HI/c1-3-16-15(18-11-14-19-12-20-21(14)2)17-9-10-22-13-7-5-4-6-8-13;/h4-8,12H,3,9-11H2,1-2H3,(H2,16,17,18);1H. The average molecular weight is 430 g/mol. The van der Waals surface area contributed by atoms with Gasteiger partial charge in [0.15, 0.2) is 5.96 Å². The molecule has 23 heavy (non-hydrogen) atoms. The molecule has 8 heteroatoms. The van der Waals surface area contributed by atoms with Gasteiger partial charge in [0.1, 0.15) is 31.1 Å². The summed E-state index contributed by atoms with van der Waals surface area (Å²) in [7, 11) is 1.85. The Morgan fingerprint density at radius 2 is 2.04 bits per heavy atom. The number of benzene rings is 1. The lowest BCUT2D eigenvalue weighted by molar-refractivity contribution is 0.322. The summed E-state index contributed by atoms with van der Waals surface area (Å²) in [5.74, 6) is 2.42.